The quantitative estimate of drug-likeness (QED) is 0.516. The standard InChI is InChI=1S/C22H19N5O3/c1-14-21(15(2)27(26-14)17-6-4-3-5-7-17)25-20(28)13-30-22(29)16-8-9-18-19(12-16)24-11-10-23-18/h3-12H,13H2,1-2H3,(H,25,28). The summed E-state index contributed by atoms with van der Waals surface area (Å²) >= 11 is 0. The molecule has 0 aliphatic heterocycles. The molecule has 0 bridgehead atoms. The van der Waals surface area contributed by atoms with Crippen LogP contribution in [0.15, 0.2) is 60.9 Å². The maximum atomic E-state index is 12.4. The molecule has 2 aromatic heterocycles. The Morgan fingerprint density at radius 3 is 2.50 bits per heavy atom. The van der Waals surface area contributed by atoms with Gasteiger partial charge in [-0.1, -0.05) is 18.2 Å². The first-order valence-corrected chi connectivity index (χ1v) is 9.32. The predicted octanol–water partition coefficient (Wildman–Crippen LogP) is 3.23. The average Bonchev–Trinajstić information content (AvgIpc) is 3.06. The zero-order chi connectivity index (χ0) is 21.1. The number of carbonyl (C=O) groups is 2. The van der Waals surface area contributed by atoms with E-state index in [4.69, 9.17) is 4.74 Å². The highest BCUT2D eigenvalue weighted by Gasteiger charge is 2.17. The monoisotopic (exact) mass is 401 g/mol. The number of hydrogen-bond donors (Lipinski definition) is 1. The van der Waals surface area contributed by atoms with Gasteiger partial charge in [0.15, 0.2) is 6.61 Å². The topological polar surface area (TPSA) is 99.0 Å². The number of esters is 1. The number of amides is 1. The van der Waals surface area contributed by atoms with E-state index in [1.54, 1.807) is 35.3 Å². The van der Waals surface area contributed by atoms with E-state index < -0.39 is 18.5 Å². The summed E-state index contributed by atoms with van der Waals surface area (Å²) in [5.41, 5.74) is 4.50. The first-order valence-electron chi connectivity index (χ1n) is 9.32. The Labute approximate surface area is 172 Å². The Hall–Kier alpha value is -4.07. The average molecular weight is 401 g/mol. The maximum absolute atomic E-state index is 12.4. The fraction of sp³-hybridized carbons (Fsp3) is 0.136. The van der Waals surface area contributed by atoms with Gasteiger partial charge in [0.25, 0.3) is 5.91 Å². The number of aryl methyl sites for hydroxylation is 1. The highest BCUT2D eigenvalue weighted by Crippen LogP contribution is 2.22. The number of ether oxygens (including phenoxy) is 1. The van der Waals surface area contributed by atoms with Gasteiger partial charge in [-0.25, -0.2) is 9.48 Å². The first-order chi connectivity index (χ1) is 14.5. The Morgan fingerprint density at radius 1 is 1.00 bits per heavy atom. The van der Waals surface area contributed by atoms with E-state index >= 15 is 0 Å². The number of benzene rings is 2. The van der Waals surface area contributed by atoms with Gasteiger partial charge in [0.1, 0.15) is 0 Å². The van der Waals surface area contributed by atoms with E-state index in [-0.39, 0.29) is 0 Å². The molecule has 2 aromatic carbocycles. The summed E-state index contributed by atoms with van der Waals surface area (Å²) in [4.78, 5) is 33.0. The van der Waals surface area contributed by atoms with Crippen LogP contribution in [0.5, 0.6) is 0 Å². The van der Waals surface area contributed by atoms with Gasteiger partial charge in [-0.05, 0) is 44.2 Å². The number of carbonyl (C=O) groups excluding carboxylic acids is 2. The van der Waals surface area contributed by atoms with Crippen molar-refractivity contribution in [1.29, 1.82) is 0 Å². The van der Waals surface area contributed by atoms with E-state index in [1.807, 2.05) is 44.2 Å². The molecular weight excluding hydrogens is 382 g/mol. The number of nitrogens with zero attached hydrogens (tertiary/aromatic N) is 4. The molecule has 0 spiro atoms. The Morgan fingerprint density at radius 2 is 1.73 bits per heavy atom. The number of fused-ring (bicyclic) bond motifs is 1. The number of rotatable bonds is 5. The number of nitrogens with one attached hydrogen (secondary N) is 1. The molecule has 0 saturated heterocycles. The van der Waals surface area contributed by atoms with Crippen LogP contribution in [0, 0.1) is 13.8 Å². The molecule has 0 fully saturated rings. The van der Waals surface area contributed by atoms with E-state index in [0.29, 0.717) is 28.0 Å². The van der Waals surface area contributed by atoms with Gasteiger partial charge >= 0.3 is 5.97 Å². The van der Waals surface area contributed by atoms with Crippen molar-refractivity contribution in [2.75, 3.05) is 11.9 Å². The van der Waals surface area contributed by atoms with Crippen LogP contribution in [0.4, 0.5) is 5.69 Å². The van der Waals surface area contributed by atoms with Gasteiger partial charge in [-0.3, -0.25) is 14.8 Å². The fourth-order valence-corrected chi connectivity index (χ4v) is 3.12. The summed E-state index contributed by atoms with van der Waals surface area (Å²) in [6, 6.07) is 14.5. The van der Waals surface area contributed by atoms with Gasteiger partial charge in [0.05, 0.1) is 39.4 Å². The predicted molar refractivity (Wildman–Crippen MR) is 111 cm³/mol. The summed E-state index contributed by atoms with van der Waals surface area (Å²) in [6.45, 7) is 3.27. The summed E-state index contributed by atoms with van der Waals surface area (Å²) in [6.07, 6.45) is 3.12. The summed E-state index contributed by atoms with van der Waals surface area (Å²) in [5, 5.41) is 7.27. The second-order valence-corrected chi connectivity index (χ2v) is 6.68. The molecule has 4 aromatic rings. The van der Waals surface area contributed by atoms with Crippen molar-refractivity contribution in [3.63, 3.8) is 0 Å². The van der Waals surface area contributed by atoms with Gasteiger partial charge in [0.2, 0.25) is 0 Å². The molecule has 1 amide bonds. The summed E-state index contributed by atoms with van der Waals surface area (Å²) < 4.78 is 6.91. The molecule has 8 nitrogen and oxygen atoms in total. The highest BCUT2D eigenvalue weighted by molar-refractivity contribution is 5.97. The van der Waals surface area contributed by atoms with Gasteiger partial charge in [-0.15, -0.1) is 0 Å². The third-order valence-electron chi connectivity index (χ3n) is 4.60. The Bertz CT molecular complexity index is 1230. The lowest BCUT2D eigenvalue weighted by atomic mass is 10.2. The molecule has 150 valence electrons. The zero-order valence-corrected chi connectivity index (χ0v) is 16.5. The van der Waals surface area contributed by atoms with Crippen LogP contribution in [-0.4, -0.2) is 38.2 Å². The summed E-state index contributed by atoms with van der Waals surface area (Å²) in [5.74, 6) is -1.05. The van der Waals surface area contributed by atoms with Gasteiger partial charge in [0, 0.05) is 12.4 Å². The zero-order valence-electron chi connectivity index (χ0n) is 16.5. The van der Waals surface area contributed by atoms with Crippen LogP contribution in [-0.2, 0) is 9.53 Å². The van der Waals surface area contributed by atoms with E-state index in [9.17, 15) is 9.59 Å². The van der Waals surface area contributed by atoms with E-state index in [0.717, 1.165) is 11.4 Å². The van der Waals surface area contributed by atoms with Crippen LogP contribution in [0.25, 0.3) is 16.7 Å². The number of para-hydroxylation sites is 1. The molecule has 0 unspecified atom stereocenters. The van der Waals surface area contributed by atoms with Gasteiger partial charge in [-0.2, -0.15) is 5.10 Å². The van der Waals surface area contributed by atoms with Crippen molar-refractivity contribution in [1.82, 2.24) is 19.7 Å². The van der Waals surface area contributed by atoms with Crippen molar-refractivity contribution in [2.24, 2.45) is 0 Å². The van der Waals surface area contributed by atoms with Crippen LogP contribution in [0.3, 0.4) is 0 Å². The first kappa shape index (κ1) is 19.3. The second-order valence-electron chi connectivity index (χ2n) is 6.68. The third-order valence-corrected chi connectivity index (χ3v) is 4.60. The third kappa shape index (κ3) is 3.88. The molecule has 0 saturated carbocycles. The van der Waals surface area contributed by atoms with Crippen molar-refractivity contribution in [3.8, 4) is 5.69 Å². The number of anilines is 1. The normalized spacial score (nSPS) is 10.7. The minimum Gasteiger partial charge on any atom is -0.452 e. The SMILES string of the molecule is Cc1nn(-c2ccccc2)c(C)c1NC(=O)COC(=O)c1ccc2nccnc2c1. The summed E-state index contributed by atoms with van der Waals surface area (Å²) in [7, 11) is 0. The van der Waals surface area contributed by atoms with Crippen molar-refractivity contribution in [3.05, 3.63) is 77.9 Å². The highest BCUT2D eigenvalue weighted by atomic mass is 16.5. The maximum Gasteiger partial charge on any atom is 0.338 e. The molecule has 2 heterocycles. The molecule has 30 heavy (non-hydrogen) atoms. The molecule has 4 rings (SSSR count). The largest absolute Gasteiger partial charge is 0.452 e. The molecule has 8 heteroatoms. The molecule has 0 aliphatic carbocycles. The Kier molecular flexibility index (Phi) is 5.21. The molecular formula is C22H19N5O3. The smallest absolute Gasteiger partial charge is 0.338 e. The minimum atomic E-state index is -0.605. The van der Waals surface area contributed by atoms with Gasteiger partial charge < -0.3 is 10.1 Å². The second kappa shape index (κ2) is 8.12. The van der Waals surface area contributed by atoms with Crippen LogP contribution < -0.4 is 5.32 Å². The van der Waals surface area contributed by atoms with Crippen LogP contribution in [0.1, 0.15) is 21.7 Å². The van der Waals surface area contributed by atoms with E-state index in [1.165, 1.54) is 0 Å². The van der Waals surface area contributed by atoms with E-state index in [2.05, 4.69) is 20.4 Å². The van der Waals surface area contributed by atoms with Crippen molar-refractivity contribution < 1.29 is 14.3 Å². The van der Waals surface area contributed by atoms with Crippen LogP contribution in [0.2, 0.25) is 0 Å². The minimum absolute atomic E-state index is 0.306. The molecule has 0 aliphatic rings. The molecule has 1 N–H and O–H groups in total. The van der Waals surface area contributed by atoms with Crippen molar-refractivity contribution in [2.45, 2.75) is 13.8 Å². The van der Waals surface area contributed by atoms with Crippen LogP contribution >= 0.6 is 0 Å². The molecule has 0 radical (unpaired) electrons. The Balaban J connectivity index is 1.42. The lowest BCUT2D eigenvalue weighted by molar-refractivity contribution is -0.119. The fourth-order valence-electron chi connectivity index (χ4n) is 3.12. The lowest BCUT2D eigenvalue weighted by Gasteiger charge is -2.08. The molecule has 0 atom stereocenters. The van der Waals surface area contributed by atoms with Crippen molar-refractivity contribution >= 4 is 28.6 Å². The number of hydrogen-bond acceptors (Lipinski definition) is 6. The number of aromatic nitrogens is 4. The lowest BCUT2D eigenvalue weighted by Crippen LogP contribution is -2.21.